The molecule has 2 aromatic rings. The molecule has 23 heavy (non-hydrogen) atoms. The molecule has 1 aliphatic rings. The quantitative estimate of drug-likeness (QED) is 0.864. The molecule has 4 nitrogen and oxygen atoms in total. The smallest absolute Gasteiger partial charge is 0.243 e. The van der Waals surface area contributed by atoms with Crippen molar-refractivity contribution in [2.24, 2.45) is 0 Å². The zero-order valence-corrected chi connectivity index (χ0v) is 14.4. The molecular weight excluding hydrogens is 308 g/mol. The number of aryl methyl sites for hydroxylation is 2. The van der Waals surface area contributed by atoms with Gasteiger partial charge in [-0.25, -0.2) is 8.42 Å². The molecule has 0 saturated carbocycles. The van der Waals surface area contributed by atoms with Gasteiger partial charge in [0.05, 0.1) is 10.9 Å². The number of sulfonamides is 1. The highest BCUT2D eigenvalue weighted by Crippen LogP contribution is 2.35. The van der Waals surface area contributed by atoms with Crippen LogP contribution >= 0.6 is 0 Å². The molecule has 1 atom stereocenters. The van der Waals surface area contributed by atoms with Gasteiger partial charge in [-0.3, -0.25) is 4.98 Å². The number of benzene rings is 1. The summed E-state index contributed by atoms with van der Waals surface area (Å²) >= 11 is 0. The lowest BCUT2D eigenvalue weighted by Gasteiger charge is -2.35. The molecule has 122 valence electrons. The monoisotopic (exact) mass is 330 g/mol. The summed E-state index contributed by atoms with van der Waals surface area (Å²) < 4.78 is 27.8. The topological polar surface area (TPSA) is 50.3 Å². The molecule has 0 radical (unpaired) electrons. The minimum atomic E-state index is -3.48. The maximum atomic E-state index is 13.1. The predicted molar refractivity (Wildman–Crippen MR) is 90.6 cm³/mol. The maximum Gasteiger partial charge on any atom is 0.243 e. The third-order valence-corrected chi connectivity index (χ3v) is 6.31. The van der Waals surface area contributed by atoms with Gasteiger partial charge in [-0.15, -0.1) is 0 Å². The van der Waals surface area contributed by atoms with E-state index in [0.29, 0.717) is 11.4 Å². The SMILES string of the molecule is Cc1ccc(S(=O)(=O)N2CCCCC2c2ccnc(C)c2)cc1. The number of hydrogen-bond donors (Lipinski definition) is 0. The van der Waals surface area contributed by atoms with E-state index in [4.69, 9.17) is 0 Å². The Kier molecular flexibility index (Phi) is 4.50. The van der Waals surface area contributed by atoms with Gasteiger partial charge in [-0.2, -0.15) is 4.31 Å². The molecule has 1 unspecified atom stereocenters. The van der Waals surface area contributed by atoms with Crippen molar-refractivity contribution in [1.29, 1.82) is 0 Å². The van der Waals surface area contributed by atoms with Crippen LogP contribution < -0.4 is 0 Å². The van der Waals surface area contributed by atoms with Gasteiger partial charge in [0.2, 0.25) is 10.0 Å². The summed E-state index contributed by atoms with van der Waals surface area (Å²) in [5.41, 5.74) is 3.01. The van der Waals surface area contributed by atoms with Crippen molar-refractivity contribution in [3.05, 3.63) is 59.4 Å². The summed E-state index contributed by atoms with van der Waals surface area (Å²) in [5.74, 6) is 0. The van der Waals surface area contributed by atoms with E-state index >= 15 is 0 Å². The molecular formula is C18H22N2O2S. The van der Waals surface area contributed by atoms with Crippen molar-refractivity contribution in [1.82, 2.24) is 9.29 Å². The van der Waals surface area contributed by atoms with Gasteiger partial charge in [0, 0.05) is 18.4 Å². The van der Waals surface area contributed by atoms with Crippen molar-refractivity contribution in [3.63, 3.8) is 0 Å². The minimum Gasteiger partial charge on any atom is -0.262 e. The van der Waals surface area contributed by atoms with E-state index in [1.54, 1.807) is 22.6 Å². The molecule has 2 heterocycles. The molecule has 0 bridgehead atoms. The maximum absolute atomic E-state index is 13.1. The summed E-state index contributed by atoms with van der Waals surface area (Å²) in [6, 6.07) is 10.9. The Morgan fingerprint density at radius 1 is 1.09 bits per heavy atom. The van der Waals surface area contributed by atoms with Crippen LogP contribution in [0, 0.1) is 13.8 Å². The first-order valence-corrected chi connectivity index (χ1v) is 9.43. The van der Waals surface area contributed by atoms with Gasteiger partial charge in [0.25, 0.3) is 0 Å². The standard InChI is InChI=1S/C18H22N2O2S/c1-14-6-8-17(9-7-14)23(21,22)20-12-4-3-5-18(20)16-10-11-19-15(2)13-16/h6-11,13,18H,3-5,12H2,1-2H3. The van der Waals surface area contributed by atoms with Crippen LogP contribution in [0.1, 0.15) is 42.1 Å². The molecule has 0 N–H and O–H groups in total. The average Bonchev–Trinajstić information content (AvgIpc) is 2.55. The van der Waals surface area contributed by atoms with Crippen molar-refractivity contribution in [2.45, 2.75) is 44.0 Å². The third-order valence-electron chi connectivity index (χ3n) is 4.39. The van der Waals surface area contributed by atoms with Gasteiger partial charge in [-0.1, -0.05) is 24.1 Å². The second-order valence-electron chi connectivity index (χ2n) is 6.17. The van der Waals surface area contributed by atoms with E-state index in [0.717, 1.165) is 36.1 Å². The molecule has 1 aromatic carbocycles. The lowest BCUT2D eigenvalue weighted by molar-refractivity contribution is 0.256. The summed E-state index contributed by atoms with van der Waals surface area (Å²) in [6.07, 6.45) is 4.57. The Labute approximate surface area is 138 Å². The fraction of sp³-hybridized carbons (Fsp3) is 0.389. The number of aromatic nitrogens is 1. The van der Waals surface area contributed by atoms with Crippen LogP contribution in [-0.4, -0.2) is 24.3 Å². The van der Waals surface area contributed by atoms with Crippen LogP contribution in [0.25, 0.3) is 0 Å². The fourth-order valence-electron chi connectivity index (χ4n) is 3.15. The third kappa shape index (κ3) is 3.31. The number of piperidine rings is 1. The molecule has 0 amide bonds. The van der Waals surface area contributed by atoms with Gasteiger partial charge in [-0.05, 0) is 56.5 Å². The summed E-state index contributed by atoms with van der Waals surface area (Å²) in [5, 5.41) is 0. The Balaban J connectivity index is 1.99. The molecule has 0 spiro atoms. The van der Waals surface area contributed by atoms with Crippen molar-refractivity contribution in [3.8, 4) is 0 Å². The van der Waals surface area contributed by atoms with E-state index in [9.17, 15) is 8.42 Å². The van der Waals surface area contributed by atoms with Crippen LogP contribution in [0.4, 0.5) is 0 Å². The lowest BCUT2D eigenvalue weighted by atomic mass is 9.98. The molecule has 1 fully saturated rings. The first-order valence-electron chi connectivity index (χ1n) is 7.99. The highest BCUT2D eigenvalue weighted by Gasteiger charge is 2.34. The molecule has 1 saturated heterocycles. The van der Waals surface area contributed by atoms with Crippen molar-refractivity contribution >= 4 is 10.0 Å². The Morgan fingerprint density at radius 2 is 1.83 bits per heavy atom. The van der Waals surface area contributed by atoms with E-state index in [1.165, 1.54) is 0 Å². The first-order chi connectivity index (χ1) is 11.0. The van der Waals surface area contributed by atoms with Crippen LogP contribution in [0.2, 0.25) is 0 Å². The largest absolute Gasteiger partial charge is 0.262 e. The zero-order valence-electron chi connectivity index (χ0n) is 13.6. The minimum absolute atomic E-state index is 0.100. The highest BCUT2D eigenvalue weighted by molar-refractivity contribution is 7.89. The van der Waals surface area contributed by atoms with Gasteiger partial charge in [0.15, 0.2) is 0 Å². The number of hydrogen-bond acceptors (Lipinski definition) is 3. The van der Waals surface area contributed by atoms with E-state index in [-0.39, 0.29) is 6.04 Å². The summed E-state index contributed by atoms with van der Waals surface area (Å²) in [7, 11) is -3.48. The van der Waals surface area contributed by atoms with E-state index < -0.39 is 10.0 Å². The number of pyridine rings is 1. The normalized spacial score (nSPS) is 19.7. The Morgan fingerprint density at radius 3 is 2.52 bits per heavy atom. The van der Waals surface area contributed by atoms with Crippen LogP contribution in [-0.2, 0) is 10.0 Å². The van der Waals surface area contributed by atoms with E-state index in [2.05, 4.69) is 4.98 Å². The fourth-order valence-corrected chi connectivity index (χ4v) is 4.83. The number of rotatable bonds is 3. The van der Waals surface area contributed by atoms with Crippen molar-refractivity contribution in [2.75, 3.05) is 6.54 Å². The van der Waals surface area contributed by atoms with Gasteiger partial charge >= 0.3 is 0 Å². The predicted octanol–water partition coefficient (Wildman–Crippen LogP) is 3.61. The summed E-state index contributed by atoms with van der Waals surface area (Å²) in [6.45, 7) is 4.47. The van der Waals surface area contributed by atoms with Crippen molar-refractivity contribution < 1.29 is 8.42 Å². The second kappa shape index (κ2) is 6.42. The molecule has 5 heteroatoms. The zero-order chi connectivity index (χ0) is 16.4. The van der Waals surface area contributed by atoms with Gasteiger partial charge < -0.3 is 0 Å². The second-order valence-corrected chi connectivity index (χ2v) is 8.06. The molecule has 3 rings (SSSR count). The average molecular weight is 330 g/mol. The highest BCUT2D eigenvalue weighted by atomic mass is 32.2. The van der Waals surface area contributed by atoms with E-state index in [1.807, 2.05) is 38.1 Å². The molecule has 1 aromatic heterocycles. The van der Waals surface area contributed by atoms with Gasteiger partial charge in [0.1, 0.15) is 0 Å². The van der Waals surface area contributed by atoms with Crippen LogP contribution in [0.15, 0.2) is 47.5 Å². The number of nitrogens with zero attached hydrogens (tertiary/aromatic N) is 2. The lowest BCUT2D eigenvalue weighted by Crippen LogP contribution is -2.38. The van der Waals surface area contributed by atoms with Crippen LogP contribution in [0.3, 0.4) is 0 Å². The Hall–Kier alpha value is -1.72. The molecule has 1 aliphatic heterocycles. The Bertz CT molecular complexity index is 785. The molecule has 0 aliphatic carbocycles. The van der Waals surface area contributed by atoms with Crippen LogP contribution in [0.5, 0.6) is 0 Å². The first kappa shape index (κ1) is 16.1. The summed E-state index contributed by atoms with van der Waals surface area (Å²) in [4.78, 5) is 4.60.